The van der Waals surface area contributed by atoms with Crippen LogP contribution in [0.15, 0.2) is 57.9 Å². The first-order valence-electron chi connectivity index (χ1n) is 7.14. The Kier molecular flexibility index (Phi) is 6.47. The SMILES string of the molecule is O=C(CCNS(=O)(=O)c1cc(Br)ccc1F)NCc1ccccc1. The Bertz CT molecular complexity index is 813. The Morgan fingerprint density at radius 3 is 2.54 bits per heavy atom. The van der Waals surface area contributed by atoms with Crippen LogP contribution in [0.25, 0.3) is 0 Å². The second kappa shape index (κ2) is 8.36. The van der Waals surface area contributed by atoms with Crippen LogP contribution in [-0.2, 0) is 21.4 Å². The van der Waals surface area contributed by atoms with Crippen LogP contribution in [-0.4, -0.2) is 20.9 Å². The molecule has 24 heavy (non-hydrogen) atoms. The van der Waals surface area contributed by atoms with Crippen molar-refractivity contribution in [1.29, 1.82) is 0 Å². The normalized spacial score (nSPS) is 11.2. The Morgan fingerprint density at radius 2 is 1.83 bits per heavy atom. The first kappa shape index (κ1) is 18.6. The molecule has 0 unspecified atom stereocenters. The molecule has 1 amide bonds. The van der Waals surface area contributed by atoms with Crippen molar-refractivity contribution in [3.63, 3.8) is 0 Å². The standard InChI is InChI=1S/C16H16BrFN2O3S/c17-13-6-7-14(18)15(10-13)24(22,23)20-9-8-16(21)19-11-12-4-2-1-3-5-12/h1-7,10,20H,8-9,11H2,(H,19,21). The molecular formula is C16H16BrFN2O3S. The number of sulfonamides is 1. The van der Waals surface area contributed by atoms with Crippen molar-refractivity contribution in [2.75, 3.05) is 6.54 Å². The molecule has 0 radical (unpaired) electrons. The zero-order valence-electron chi connectivity index (χ0n) is 12.6. The van der Waals surface area contributed by atoms with E-state index in [1.165, 1.54) is 12.1 Å². The lowest BCUT2D eigenvalue weighted by Gasteiger charge is -2.09. The predicted molar refractivity (Wildman–Crippen MR) is 92.2 cm³/mol. The number of carbonyl (C=O) groups is 1. The van der Waals surface area contributed by atoms with Gasteiger partial charge in [-0.25, -0.2) is 17.5 Å². The fourth-order valence-electron chi connectivity index (χ4n) is 1.94. The van der Waals surface area contributed by atoms with E-state index in [0.29, 0.717) is 11.0 Å². The van der Waals surface area contributed by atoms with Crippen molar-refractivity contribution in [3.05, 3.63) is 64.4 Å². The lowest BCUT2D eigenvalue weighted by molar-refractivity contribution is -0.121. The molecule has 0 heterocycles. The van der Waals surface area contributed by atoms with Crippen LogP contribution < -0.4 is 10.0 Å². The van der Waals surface area contributed by atoms with Crippen LogP contribution in [0, 0.1) is 5.82 Å². The van der Waals surface area contributed by atoms with E-state index >= 15 is 0 Å². The van der Waals surface area contributed by atoms with E-state index in [-0.39, 0.29) is 18.9 Å². The number of benzene rings is 2. The summed E-state index contributed by atoms with van der Waals surface area (Å²) in [7, 11) is -4.01. The van der Waals surface area contributed by atoms with Gasteiger partial charge in [0, 0.05) is 24.0 Å². The third kappa shape index (κ3) is 5.40. The first-order chi connectivity index (χ1) is 11.4. The number of nitrogens with one attached hydrogen (secondary N) is 2. The molecule has 8 heteroatoms. The summed E-state index contributed by atoms with van der Waals surface area (Å²) in [6.45, 7) is 0.252. The zero-order chi connectivity index (χ0) is 17.6. The van der Waals surface area contributed by atoms with E-state index in [1.54, 1.807) is 0 Å². The molecule has 0 fully saturated rings. The van der Waals surface area contributed by atoms with Gasteiger partial charge < -0.3 is 5.32 Å². The highest BCUT2D eigenvalue weighted by Gasteiger charge is 2.19. The van der Waals surface area contributed by atoms with Crippen LogP contribution in [0.4, 0.5) is 4.39 Å². The molecule has 0 atom stereocenters. The van der Waals surface area contributed by atoms with Crippen LogP contribution in [0.1, 0.15) is 12.0 Å². The van der Waals surface area contributed by atoms with Gasteiger partial charge in [0.15, 0.2) is 0 Å². The number of rotatable bonds is 7. The molecule has 5 nitrogen and oxygen atoms in total. The summed E-state index contributed by atoms with van der Waals surface area (Å²) in [6.07, 6.45) is -0.0400. The van der Waals surface area contributed by atoms with E-state index in [4.69, 9.17) is 0 Å². The van der Waals surface area contributed by atoms with Gasteiger partial charge in [-0.3, -0.25) is 4.79 Å². The molecule has 2 N–H and O–H groups in total. The molecule has 2 aromatic rings. The second-order valence-corrected chi connectivity index (χ2v) is 7.64. The molecular weight excluding hydrogens is 399 g/mol. The average molecular weight is 415 g/mol. The minimum Gasteiger partial charge on any atom is -0.352 e. The number of amides is 1. The van der Waals surface area contributed by atoms with Gasteiger partial charge in [-0.2, -0.15) is 0 Å². The maximum Gasteiger partial charge on any atom is 0.243 e. The predicted octanol–water partition coefficient (Wildman–Crippen LogP) is 2.57. The van der Waals surface area contributed by atoms with Crippen LogP contribution in [0.3, 0.4) is 0 Å². The molecule has 0 spiro atoms. The third-order valence-corrected chi connectivity index (χ3v) is 5.13. The molecule has 128 valence electrons. The Morgan fingerprint density at radius 1 is 1.12 bits per heavy atom. The van der Waals surface area contributed by atoms with Gasteiger partial charge in [0.25, 0.3) is 0 Å². The van der Waals surface area contributed by atoms with Gasteiger partial charge in [-0.1, -0.05) is 46.3 Å². The van der Waals surface area contributed by atoms with Crippen LogP contribution in [0.5, 0.6) is 0 Å². The van der Waals surface area contributed by atoms with E-state index in [0.717, 1.165) is 11.6 Å². The van der Waals surface area contributed by atoms with Crippen molar-refractivity contribution in [3.8, 4) is 0 Å². The summed E-state index contributed by atoms with van der Waals surface area (Å²) in [5, 5.41) is 2.69. The van der Waals surface area contributed by atoms with Gasteiger partial charge in [0.2, 0.25) is 15.9 Å². The Hall–Kier alpha value is -1.77. The smallest absolute Gasteiger partial charge is 0.243 e. The fourth-order valence-corrected chi connectivity index (χ4v) is 3.59. The van der Waals surface area contributed by atoms with Crippen molar-refractivity contribution < 1.29 is 17.6 Å². The summed E-state index contributed by atoms with van der Waals surface area (Å²) in [6, 6.07) is 13.0. The van der Waals surface area contributed by atoms with Gasteiger partial charge in [0.05, 0.1) is 0 Å². The summed E-state index contributed by atoms with van der Waals surface area (Å²) >= 11 is 3.10. The summed E-state index contributed by atoms with van der Waals surface area (Å²) in [5.74, 6) is -1.14. The number of hydrogen-bond acceptors (Lipinski definition) is 3. The Balaban J connectivity index is 1.84. The second-order valence-electron chi connectivity index (χ2n) is 4.98. The van der Waals surface area contributed by atoms with Crippen molar-refractivity contribution in [2.24, 2.45) is 0 Å². The lowest BCUT2D eigenvalue weighted by atomic mass is 10.2. The molecule has 0 aliphatic heterocycles. The molecule has 0 saturated heterocycles. The number of carbonyl (C=O) groups excluding carboxylic acids is 1. The summed E-state index contributed by atoms with van der Waals surface area (Å²) in [5.41, 5.74) is 0.947. The van der Waals surface area contributed by atoms with Crippen LogP contribution >= 0.6 is 15.9 Å². The topological polar surface area (TPSA) is 75.3 Å². The Labute approximate surface area is 148 Å². The first-order valence-corrected chi connectivity index (χ1v) is 9.41. The highest BCUT2D eigenvalue weighted by atomic mass is 79.9. The third-order valence-electron chi connectivity index (χ3n) is 3.16. The van der Waals surface area contributed by atoms with Crippen molar-refractivity contribution >= 4 is 31.9 Å². The number of hydrogen-bond donors (Lipinski definition) is 2. The molecule has 2 rings (SSSR count). The summed E-state index contributed by atoms with van der Waals surface area (Å²) in [4.78, 5) is 11.3. The van der Waals surface area contributed by atoms with E-state index in [9.17, 15) is 17.6 Å². The zero-order valence-corrected chi connectivity index (χ0v) is 15.0. The quantitative estimate of drug-likeness (QED) is 0.730. The van der Waals surface area contributed by atoms with Gasteiger partial charge in [-0.15, -0.1) is 0 Å². The van der Waals surface area contributed by atoms with E-state index in [1.807, 2.05) is 30.3 Å². The van der Waals surface area contributed by atoms with Gasteiger partial charge in [0.1, 0.15) is 10.7 Å². The molecule has 0 saturated carbocycles. The molecule has 0 aromatic heterocycles. The minimum atomic E-state index is -4.01. The van der Waals surface area contributed by atoms with Gasteiger partial charge in [-0.05, 0) is 23.8 Å². The van der Waals surface area contributed by atoms with Crippen molar-refractivity contribution in [1.82, 2.24) is 10.0 Å². The molecule has 0 aliphatic rings. The van der Waals surface area contributed by atoms with E-state index in [2.05, 4.69) is 26.0 Å². The minimum absolute atomic E-state index is 0.0400. The maximum atomic E-state index is 13.6. The molecule has 0 bridgehead atoms. The van der Waals surface area contributed by atoms with Gasteiger partial charge >= 0.3 is 0 Å². The fraction of sp³-hybridized carbons (Fsp3) is 0.188. The summed E-state index contributed by atoms with van der Waals surface area (Å²) < 4.78 is 40.4. The van der Waals surface area contributed by atoms with E-state index < -0.39 is 20.7 Å². The largest absolute Gasteiger partial charge is 0.352 e. The highest BCUT2D eigenvalue weighted by Crippen LogP contribution is 2.19. The maximum absolute atomic E-state index is 13.6. The molecule has 2 aromatic carbocycles. The van der Waals surface area contributed by atoms with Crippen LogP contribution in [0.2, 0.25) is 0 Å². The van der Waals surface area contributed by atoms with Crippen molar-refractivity contribution in [2.45, 2.75) is 17.9 Å². The average Bonchev–Trinajstić information content (AvgIpc) is 2.56. The number of halogens is 2. The molecule has 0 aliphatic carbocycles. The monoisotopic (exact) mass is 414 g/mol. The lowest BCUT2D eigenvalue weighted by Crippen LogP contribution is -2.31. The highest BCUT2D eigenvalue weighted by molar-refractivity contribution is 9.10.